The van der Waals surface area contributed by atoms with Crippen molar-refractivity contribution >= 4 is 9.47 Å². The van der Waals surface area contributed by atoms with Crippen molar-refractivity contribution < 1.29 is 9.26 Å². The maximum atomic E-state index is 4.75. The Hall–Kier alpha value is 0.350. The van der Waals surface area contributed by atoms with Crippen molar-refractivity contribution in [1.29, 1.82) is 0 Å². The van der Waals surface area contributed by atoms with Gasteiger partial charge in [0.2, 0.25) is 0 Å². The van der Waals surface area contributed by atoms with E-state index in [-0.39, 0.29) is 0 Å². The van der Waals surface area contributed by atoms with Crippen molar-refractivity contribution in [1.82, 2.24) is 0 Å². The van der Waals surface area contributed by atoms with E-state index in [0.717, 1.165) is 19.6 Å². The molecule has 0 aliphatic carbocycles. The summed E-state index contributed by atoms with van der Waals surface area (Å²) >= 11 is 0. The summed E-state index contributed by atoms with van der Waals surface area (Å²) in [5.74, 6) is 0. The zero-order valence-corrected chi connectivity index (χ0v) is 5.67. The molecule has 0 bridgehead atoms. The van der Waals surface area contributed by atoms with Crippen LogP contribution in [0.2, 0.25) is 0 Å². The van der Waals surface area contributed by atoms with Crippen molar-refractivity contribution in [2.24, 2.45) is 0 Å². The van der Waals surface area contributed by atoms with E-state index >= 15 is 0 Å². The first-order valence-corrected chi connectivity index (χ1v) is 2.69. The third-order valence-electron chi connectivity index (χ3n) is 0.611. The Labute approximate surface area is 46.5 Å². The van der Waals surface area contributed by atoms with Gasteiger partial charge in [-0.1, -0.05) is 0 Å². The largest absolute Gasteiger partial charge is 0.385 e. The van der Waals surface area contributed by atoms with E-state index in [9.17, 15) is 0 Å². The molecule has 0 aromatic carbocycles. The van der Waals surface area contributed by atoms with Crippen LogP contribution in [0.25, 0.3) is 0 Å². The smallest absolute Gasteiger partial charge is 0.0523 e. The Morgan fingerprint density at radius 2 is 2.14 bits per heavy atom. The lowest BCUT2D eigenvalue weighted by molar-refractivity contribution is 0.178. The first kappa shape index (κ1) is 7.35. The fraction of sp³-hybridized carbons (Fsp3) is 1.00. The fourth-order valence-electron chi connectivity index (χ4n) is 0.287. The average Bonchev–Trinajstić information content (AvgIpc) is 1.69. The molecular formula is C4H11O2P. The van der Waals surface area contributed by atoms with E-state index in [4.69, 9.17) is 4.74 Å². The standard InChI is InChI=1S/C4H11O2P/c1-5-3-2-4-6-7/h2-4,7H2,1H3. The molecule has 2 nitrogen and oxygen atoms in total. The molecule has 0 rings (SSSR count). The van der Waals surface area contributed by atoms with Crippen LogP contribution >= 0.6 is 9.47 Å². The molecule has 0 spiro atoms. The molecule has 1 unspecified atom stereocenters. The molecule has 44 valence electrons. The number of ether oxygens (including phenoxy) is 1. The highest BCUT2D eigenvalue weighted by Gasteiger charge is 1.79. The maximum absolute atomic E-state index is 4.75. The minimum Gasteiger partial charge on any atom is -0.385 e. The Morgan fingerprint density at radius 1 is 1.43 bits per heavy atom. The van der Waals surface area contributed by atoms with Gasteiger partial charge in [0, 0.05) is 23.2 Å². The first-order chi connectivity index (χ1) is 3.41. The van der Waals surface area contributed by atoms with Gasteiger partial charge in [-0.25, -0.2) is 0 Å². The second-order valence-electron chi connectivity index (χ2n) is 1.22. The summed E-state index contributed by atoms with van der Waals surface area (Å²) < 4.78 is 9.44. The summed E-state index contributed by atoms with van der Waals surface area (Å²) in [6.07, 6.45) is 0.972. The molecule has 1 atom stereocenters. The molecule has 0 saturated carbocycles. The number of hydrogen-bond acceptors (Lipinski definition) is 2. The van der Waals surface area contributed by atoms with Gasteiger partial charge in [0.25, 0.3) is 0 Å². The predicted molar refractivity (Wildman–Crippen MR) is 32.2 cm³/mol. The van der Waals surface area contributed by atoms with Gasteiger partial charge in [0.15, 0.2) is 0 Å². The molecule has 3 heteroatoms. The van der Waals surface area contributed by atoms with Gasteiger partial charge in [0.05, 0.1) is 6.61 Å². The molecule has 0 radical (unpaired) electrons. The second kappa shape index (κ2) is 6.35. The Kier molecular flexibility index (Phi) is 6.67. The van der Waals surface area contributed by atoms with Gasteiger partial charge in [-0.3, -0.25) is 0 Å². The first-order valence-electron chi connectivity index (χ1n) is 2.22. The average molecular weight is 122 g/mol. The van der Waals surface area contributed by atoms with Gasteiger partial charge in [-0.05, 0) is 6.42 Å². The maximum Gasteiger partial charge on any atom is 0.0523 e. The summed E-state index contributed by atoms with van der Waals surface area (Å²) in [6, 6.07) is 0. The highest BCUT2D eigenvalue weighted by atomic mass is 31.0. The van der Waals surface area contributed by atoms with Crippen LogP contribution in [-0.2, 0) is 9.26 Å². The lowest BCUT2D eigenvalue weighted by Gasteiger charge is -1.94. The molecule has 0 aliphatic rings. The summed E-state index contributed by atoms with van der Waals surface area (Å²) in [5.41, 5.74) is 0. The van der Waals surface area contributed by atoms with E-state index in [2.05, 4.69) is 14.0 Å². The van der Waals surface area contributed by atoms with Crippen molar-refractivity contribution in [3.8, 4) is 0 Å². The molecule has 0 heterocycles. The zero-order chi connectivity index (χ0) is 5.54. The van der Waals surface area contributed by atoms with Crippen molar-refractivity contribution in [2.45, 2.75) is 6.42 Å². The zero-order valence-electron chi connectivity index (χ0n) is 4.52. The van der Waals surface area contributed by atoms with Gasteiger partial charge < -0.3 is 9.26 Å². The monoisotopic (exact) mass is 122 g/mol. The van der Waals surface area contributed by atoms with Crippen LogP contribution in [0.3, 0.4) is 0 Å². The summed E-state index contributed by atoms with van der Waals surface area (Å²) in [4.78, 5) is 0. The summed E-state index contributed by atoms with van der Waals surface area (Å²) in [6.45, 7) is 1.55. The normalized spacial score (nSPS) is 9.43. The van der Waals surface area contributed by atoms with Crippen molar-refractivity contribution in [2.75, 3.05) is 20.3 Å². The quantitative estimate of drug-likeness (QED) is 0.406. The highest BCUT2D eigenvalue weighted by molar-refractivity contribution is 7.09. The Morgan fingerprint density at radius 3 is 2.57 bits per heavy atom. The predicted octanol–water partition coefficient (Wildman–Crippen LogP) is 0.830. The van der Waals surface area contributed by atoms with Crippen molar-refractivity contribution in [3.05, 3.63) is 0 Å². The van der Waals surface area contributed by atoms with Crippen LogP contribution in [0.15, 0.2) is 0 Å². The van der Waals surface area contributed by atoms with Crippen LogP contribution in [-0.4, -0.2) is 20.3 Å². The van der Waals surface area contributed by atoms with Gasteiger partial charge in [-0.15, -0.1) is 0 Å². The topological polar surface area (TPSA) is 18.5 Å². The van der Waals surface area contributed by atoms with Gasteiger partial charge in [0.1, 0.15) is 0 Å². The number of methoxy groups -OCH3 is 1. The Balaban J connectivity index is 2.45. The number of hydrogen-bond donors (Lipinski definition) is 0. The van der Waals surface area contributed by atoms with Crippen molar-refractivity contribution in [3.63, 3.8) is 0 Å². The van der Waals surface area contributed by atoms with Crippen LogP contribution in [0, 0.1) is 0 Å². The van der Waals surface area contributed by atoms with Crippen LogP contribution in [0.5, 0.6) is 0 Å². The second-order valence-corrected chi connectivity index (χ2v) is 1.55. The molecule has 0 aromatic heterocycles. The Bertz CT molecular complexity index is 28.9. The van der Waals surface area contributed by atoms with Gasteiger partial charge >= 0.3 is 0 Å². The highest BCUT2D eigenvalue weighted by Crippen LogP contribution is 1.87. The minimum atomic E-state index is 0.762. The lowest BCUT2D eigenvalue weighted by Crippen LogP contribution is -1.91. The molecular weight excluding hydrogens is 111 g/mol. The van der Waals surface area contributed by atoms with E-state index < -0.39 is 0 Å². The summed E-state index contributed by atoms with van der Waals surface area (Å²) in [7, 11) is 3.88. The van der Waals surface area contributed by atoms with E-state index in [1.807, 2.05) is 0 Å². The fourth-order valence-corrected chi connectivity index (χ4v) is 0.453. The van der Waals surface area contributed by atoms with E-state index in [1.165, 1.54) is 0 Å². The van der Waals surface area contributed by atoms with E-state index in [0.29, 0.717) is 0 Å². The van der Waals surface area contributed by atoms with Crippen LogP contribution in [0.4, 0.5) is 0 Å². The minimum absolute atomic E-state index is 0.762. The molecule has 0 amide bonds. The molecule has 0 aromatic rings. The molecule has 0 N–H and O–H groups in total. The number of rotatable bonds is 4. The lowest BCUT2D eigenvalue weighted by atomic mass is 10.5. The SMILES string of the molecule is COCCCOP. The third kappa shape index (κ3) is 6.35. The molecule has 7 heavy (non-hydrogen) atoms. The summed E-state index contributed by atoms with van der Waals surface area (Å²) in [5, 5.41) is 0. The van der Waals surface area contributed by atoms with Crippen LogP contribution in [0.1, 0.15) is 6.42 Å². The molecule has 0 aliphatic heterocycles. The third-order valence-corrected chi connectivity index (χ3v) is 0.846. The van der Waals surface area contributed by atoms with Crippen LogP contribution < -0.4 is 0 Å². The van der Waals surface area contributed by atoms with E-state index in [1.54, 1.807) is 7.11 Å². The molecule has 0 saturated heterocycles. The molecule has 0 fully saturated rings. The van der Waals surface area contributed by atoms with Gasteiger partial charge in [-0.2, -0.15) is 0 Å².